The van der Waals surface area contributed by atoms with E-state index in [1.54, 1.807) is 11.3 Å². The lowest BCUT2D eigenvalue weighted by Crippen LogP contribution is -2.11. The fraction of sp³-hybridized carbons (Fsp3) is 0. The molecule has 0 amide bonds. The van der Waals surface area contributed by atoms with E-state index in [1.165, 1.54) is 14.8 Å². The molecule has 0 bridgehead atoms. The number of pyridine rings is 1. The Morgan fingerprint density at radius 3 is 1.45 bits per heavy atom. The summed E-state index contributed by atoms with van der Waals surface area (Å²) < 4.78 is 15.0. The molecule has 0 spiro atoms. The Balaban J connectivity index is 1.03. The second-order valence-electron chi connectivity index (χ2n) is 13.2. The molecule has 0 aliphatic rings. The summed E-state index contributed by atoms with van der Waals surface area (Å²) in [6.45, 7) is 0. The van der Waals surface area contributed by atoms with Crippen molar-refractivity contribution >= 4 is 110 Å². The van der Waals surface area contributed by atoms with Gasteiger partial charge in [0.1, 0.15) is 28.1 Å². The minimum atomic E-state index is 0.844. The van der Waals surface area contributed by atoms with Gasteiger partial charge in [0.05, 0.1) is 5.69 Å². The molecule has 0 aliphatic carbocycles. The second kappa shape index (κ2) is 11.8. The van der Waals surface area contributed by atoms with Crippen molar-refractivity contribution < 1.29 is 8.83 Å². The first-order chi connectivity index (χ1) is 26.2. The first kappa shape index (κ1) is 29.8. The Labute approximate surface area is 308 Å². The van der Waals surface area contributed by atoms with Gasteiger partial charge in [-0.1, -0.05) is 78.9 Å². The molecule has 0 fully saturated rings. The van der Waals surface area contributed by atoms with Crippen molar-refractivity contribution in [2.24, 2.45) is 0 Å². The predicted octanol–water partition coefficient (Wildman–Crippen LogP) is 14.2. The molecule has 250 valence electrons. The van der Waals surface area contributed by atoms with E-state index < -0.39 is 0 Å². The van der Waals surface area contributed by atoms with Gasteiger partial charge in [-0.3, -0.25) is 4.90 Å². The fourth-order valence-corrected chi connectivity index (χ4v) is 8.77. The number of hydrogen-bond acceptors (Lipinski definition) is 6. The van der Waals surface area contributed by atoms with E-state index in [-0.39, 0.29) is 0 Å². The second-order valence-corrected chi connectivity index (χ2v) is 14.3. The van der Waals surface area contributed by atoms with Gasteiger partial charge in [-0.25, -0.2) is 4.98 Å². The lowest BCUT2D eigenvalue weighted by atomic mass is 10.1. The van der Waals surface area contributed by atoms with Crippen LogP contribution in [0.3, 0.4) is 0 Å². The first-order valence-electron chi connectivity index (χ1n) is 17.6. The maximum atomic E-state index is 6.31. The van der Waals surface area contributed by atoms with Crippen molar-refractivity contribution in [3.05, 3.63) is 176 Å². The van der Waals surface area contributed by atoms with Crippen molar-refractivity contribution in [2.45, 2.75) is 0 Å². The summed E-state index contributed by atoms with van der Waals surface area (Å²) in [5.41, 5.74) is 8.69. The largest absolute Gasteiger partial charge is 0.456 e. The van der Waals surface area contributed by atoms with Crippen LogP contribution in [-0.4, -0.2) is 4.98 Å². The molecule has 4 heterocycles. The van der Waals surface area contributed by atoms with Crippen LogP contribution in [0.4, 0.5) is 34.3 Å². The summed E-state index contributed by atoms with van der Waals surface area (Å²) in [7, 11) is 0. The van der Waals surface area contributed by atoms with Crippen LogP contribution in [0, 0.1) is 0 Å². The van der Waals surface area contributed by atoms with Gasteiger partial charge in [-0.15, -0.1) is 11.3 Å². The smallest absolute Gasteiger partial charge is 0.138 e. The van der Waals surface area contributed by atoms with Gasteiger partial charge in [-0.2, -0.15) is 0 Å². The Morgan fingerprint density at radius 2 is 0.830 bits per heavy atom. The zero-order chi connectivity index (χ0) is 34.9. The van der Waals surface area contributed by atoms with Crippen LogP contribution < -0.4 is 9.80 Å². The zero-order valence-corrected chi connectivity index (χ0v) is 29.1. The normalized spacial score (nSPS) is 11.8. The molecule has 0 atom stereocenters. The number of rotatable bonds is 6. The number of anilines is 6. The lowest BCUT2D eigenvalue weighted by Gasteiger charge is -2.25. The average molecular weight is 700 g/mol. The van der Waals surface area contributed by atoms with E-state index in [0.29, 0.717) is 0 Å². The molecule has 5 nitrogen and oxygen atoms in total. The highest BCUT2D eigenvalue weighted by Gasteiger charge is 2.20. The molecule has 0 radical (unpaired) electrons. The summed E-state index contributed by atoms with van der Waals surface area (Å²) in [6, 6.07) is 59.2. The van der Waals surface area contributed by atoms with Gasteiger partial charge in [0, 0.05) is 82.8 Å². The van der Waals surface area contributed by atoms with Gasteiger partial charge in [0.2, 0.25) is 0 Å². The Bertz CT molecular complexity index is 2930. The highest BCUT2D eigenvalue weighted by atomic mass is 32.1. The Kier molecular flexibility index (Phi) is 6.66. The van der Waals surface area contributed by atoms with E-state index in [2.05, 4.69) is 149 Å². The van der Waals surface area contributed by atoms with E-state index in [0.717, 1.165) is 83.5 Å². The lowest BCUT2D eigenvalue weighted by molar-refractivity contribution is 0.668. The van der Waals surface area contributed by atoms with Gasteiger partial charge in [0.15, 0.2) is 0 Å². The molecule has 0 aliphatic heterocycles. The first-order valence-corrected chi connectivity index (χ1v) is 18.4. The van der Waals surface area contributed by atoms with E-state index in [4.69, 9.17) is 13.8 Å². The van der Waals surface area contributed by atoms with Crippen molar-refractivity contribution in [3.63, 3.8) is 0 Å². The van der Waals surface area contributed by atoms with Gasteiger partial charge in [-0.05, 0) is 78.9 Å². The molecule has 11 rings (SSSR count). The third-order valence-corrected chi connectivity index (χ3v) is 11.2. The summed E-state index contributed by atoms with van der Waals surface area (Å²) in [4.78, 5) is 9.58. The molecular formula is C47H29N3O2S. The highest BCUT2D eigenvalue weighted by Crippen LogP contribution is 2.44. The van der Waals surface area contributed by atoms with E-state index in [1.807, 2.05) is 36.5 Å². The highest BCUT2D eigenvalue weighted by molar-refractivity contribution is 7.25. The van der Waals surface area contributed by atoms with Gasteiger partial charge < -0.3 is 13.7 Å². The van der Waals surface area contributed by atoms with Crippen LogP contribution >= 0.6 is 11.3 Å². The van der Waals surface area contributed by atoms with Crippen molar-refractivity contribution in [1.82, 2.24) is 4.98 Å². The number of aromatic nitrogens is 1. The van der Waals surface area contributed by atoms with Gasteiger partial charge >= 0.3 is 0 Å². The molecule has 0 saturated heterocycles. The molecule has 6 heteroatoms. The van der Waals surface area contributed by atoms with E-state index >= 15 is 0 Å². The average Bonchev–Trinajstić information content (AvgIpc) is 3.89. The molecule has 0 saturated carbocycles. The number of fused-ring (bicyclic) bond motifs is 9. The third kappa shape index (κ3) is 4.88. The quantitative estimate of drug-likeness (QED) is 0.173. The molecule has 0 unspecified atom stereocenters. The number of para-hydroxylation sites is 4. The number of thiophene rings is 1. The van der Waals surface area contributed by atoms with Crippen LogP contribution in [0.1, 0.15) is 0 Å². The molecule has 0 N–H and O–H groups in total. The minimum absolute atomic E-state index is 0.844. The minimum Gasteiger partial charge on any atom is -0.456 e. The topological polar surface area (TPSA) is 45.7 Å². The van der Waals surface area contributed by atoms with Crippen LogP contribution in [0.5, 0.6) is 0 Å². The SMILES string of the molecule is c1ccc(N(c2ccc3c(c2)oc2ccccc23)c2ccc3c(c2)sc2cc(N(c4ccccc4)c4ccc5c(c4)oc4ccccc45)ncc23)cc1. The van der Waals surface area contributed by atoms with Gasteiger partial charge in [0.25, 0.3) is 0 Å². The van der Waals surface area contributed by atoms with Crippen LogP contribution in [0.15, 0.2) is 185 Å². The summed E-state index contributed by atoms with van der Waals surface area (Å²) in [6.07, 6.45) is 2.02. The monoisotopic (exact) mass is 699 g/mol. The van der Waals surface area contributed by atoms with Crippen molar-refractivity contribution in [1.29, 1.82) is 0 Å². The third-order valence-electron chi connectivity index (χ3n) is 10.1. The maximum Gasteiger partial charge on any atom is 0.138 e. The number of benzene rings is 7. The van der Waals surface area contributed by atoms with Crippen LogP contribution in [-0.2, 0) is 0 Å². The van der Waals surface area contributed by atoms with Crippen LogP contribution in [0.25, 0.3) is 64.0 Å². The Hall–Kier alpha value is -6.89. The molecule has 7 aromatic carbocycles. The maximum absolute atomic E-state index is 6.31. The summed E-state index contributed by atoms with van der Waals surface area (Å²) in [5.74, 6) is 0.844. The van der Waals surface area contributed by atoms with E-state index in [9.17, 15) is 0 Å². The summed E-state index contributed by atoms with van der Waals surface area (Å²) in [5, 5.41) is 6.77. The molecular weight excluding hydrogens is 671 g/mol. The Morgan fingerprint density at radius 1 is 0.358 bits per heavy atom. The molecule has 4 aromatic heterocycles. The standard InChI is InChI=1S/C47H29N3O2S/c1-3-11-30(12-4-1)49(32-19-22-37-35-15-7-9-17-41(35)51-43(37)25-32)34-21-24-39-40-29-48-47(28-46(40)53-45(39)27-34)50(31-13-5-2-6-14-31)33-20-23-38-36-16-8-10-18-42(36)52-44(38)26-33/h1-29H. The van der Waals surface area contributed by atoms with Crippen LogP contribution in [0.2, 0.25) is 0 Å². The fourth-order valence-electron chi connectivity index (χ4n) is 7.63. The molecule has 53 heavy (non-hydrogen) atoms. The zero-order valence-electron chi connectivity index (χ0n) is 28.3. The summed E-state index contributed by atoms with van der Waals surface area (Å²) >= 11 is 1.79. The molecule has 11 aromatic rings. The number of hydrogen-bond donors (Lipinski definition) is 0. The number of nitrogens with zero attached hydrogens (tertiary/aromatic N) is 3. The van der Waals surface area contributed by atoms with Crippen molar-refractivity contribution in [3.8, 4) is 0 Å². The van der Waals surface area contributed by atoms with Crippen molar-refractivity contribution in [2.75, 3.05) is 9.80 Å². The predicted molar refractivity (Wildman–Crippen MR) is 221 cm³/mol. The number of furan rings is 2.